The van der Waals surface area contributed by atoms with Crippen molar-refractivity contribution in [2.75, 3.05) is 11.9 Å². The van der Waals surface area contributed by atoms with E-state index in [0.717, 1.165) is 6.42 Å². The highest BCUT2D eigenvalue weighted by Gasteiger charge is 2.07. The Morgan fingerprint density at radius 3 is 2.79 bits per heavy atom. The normalized spacial score (nSPS) is 11.9. The van der Waals surface area contributed by atoms with Gasteiger partial charge in [-0.3, -0.25) is 9.59 Å². The molecule has 0 aliphatic heterocycles. The third kappa shape index (κ3) is 6.01. The molecule has 0 spiro atoms. The van der Waals surface area contributed by atoms with Crippen molar-refractivity contribution >= 4 is 17.6 Å². The molecule has 1 aromatic carbocycles. The number of hydrogen-bond acceptors (Lipinski definition) is 3. The smallest absolute Gasteiger partial charge is 0.307 e. The van der Waals surface area contributed by atoms with Crippen molar-refractivity contribution in [2.24, 2.45) is 0 Å². The van der Waals surface area contributed by atoms with Gasteiger partial charge in [-0.2, -0.15) is 0 Å². The minimum absolute atomic E-state index is 0.00182. The number of anilines is 1. The van der Waals surface area contributed by atoms with E-state index in [0.29, 0.717) is 11.3 Å². The van der Waals surface area contributed by atoms with E-state index >= 15 is 0 Å². The first-order valence-corrected chi connectivity index (χ1v) is 6.23. The minimum atomic E-state index is -0.899. The molecule has 1 aromatic rings. The Bertz CT molecular complexity index is 445. The van der Waals surface area contributed by atoms with Gasteiger partial charge in [-0.1, -0.05) is 19.1 Å². The summed E-state index contributed by atoms with van der Waals surface area (Å²) in [5, 5.41) is 11.4. The van der Waals surface area contributed by atoms with Crippen LogP contribution in [0.2, 0.25) is 0 Å². The Morgan fingerprint density at radius 2 is 2.16 bits per heavy atom. The quantitative estimate of drug-likeness (QED) is 0.791. The van der Waals surface area contributed by atoms with Gasteiger partial charge in [0.05, 0.1) is 12.5 Å². The summed E-state index contributed by atoms with van der Waals surface area (Å²) in [5.74, 6) is -1.14. The first kappa shape index (κ1) is 15.2. The van der Waals surface area contributed by atoms with Crippen LogP contribution in [0, 0.1) is 0 Å². The summed E-state index contributed by atoms with van der Waals surface area (Å²) in [4.78, 5) is 22.2. The molecule has 0 fully saturated rings. The fraction of sp³-hybridized carbons (Fsp3) is 0.429. The lowest BCUT2D eigenvalue weighted by molar-refractivity contribution is -0.136. The lowest BCUT2D eigenvalue weighted by Gasteiger charge is -2.11. The number of carboxylic acid groups (broad SMARTS) is 1. The van der Waals surface area contributed by atoms with E-state index in [1.54, 1.807) is 24.3 Å². The first-order valence-electron chi connectivity index (χ1n) is 6.23. The van der Waals surface area contributed by atoms with Gasteiger partial charge >= 0.3 is 5.97 Å². The van der Waals surface area contributed by atoms with Crippen LogP contribution in [0.3, 0.4) is 0 Å². The van der Waals surface area contributed by atoms with Crippen LogP contribution in [0.25, 0.3) is 0 Å². The van der Waals surface area contributed by atoms with E-state index in [2.05, 4.69) is 5.32 Å². The number of nitrogens with one attached hydrogen (secondary N) is 1. The van der Waals surface area contributed by atoms with Crippen LogP contribution >= 0.6 is 0 Å². The third-order valence-electron chi connectivity index (χ3n) is 2.64. The second kappa shape index (κ2) is 7.53. The molecular weight excluding hydrogens is 246 g/mol. The van der Waals surface area contributed by atoms with Gasteiger partial charge in [-0.25, -0.2) is 0 Å². The molecule has 0 saturated carbocycles. The molecule has 1 rings (SSSR count). The number of amides is 1. The average molecular weight is 265 g/mol. The predicted molar refractivity (Wildman–Crippen MR) is 72.1 cm³/mol. The van der Waals surface area contributed by atoms with Crippen molar-refractivity contribution in [1.29, 1.82) is 0 Å². The topological polar surface area (TPSA) is 75.6 Å². The van der Waals surface area contributed by atoms with Crippen molar-refractivity contribution in [3.63, 3.8) is 0 Å². The molecule has 5 nitrogen and oxygen atoms in total. The van der Waals surface area contributed by atoms with Crippen LogP contribution in [0.1, 0.15) is 25.8 Å². The molecule has 0 bridgehead atoms. The lowest BCUT2D eigenvalue weighted by Crippen LogP contribution is -2.21. The fourth-order valence-electron chi connectivity index (χ4n) is 1.47. The molecule has 1 atom stereocenters. The standard InChI is InChI=1S/C14H19NO4/c1-3-10(2)19-9-13(16)15-12-6-4-5-11(7-12)8-14(17)18/h4-7,10H,3,8-9H2,1-2H3,(H,15,16)(H,17,18). The van der Waals surface area contributed by atoms with Crippen molar-refractivity contribution in [3.05, 3.63) is 29.8 Å². The van der Waals surface area contributed by atoms with Gasteiger partial charge in [0.1, 0.15) is 6.61 Å². The Morgan fingerprint density at radius 1 is 1.42 bits per heavy atom. The predicted octanol–water partition coefficient (Wildman–Crippen LogP) is 2.07. The molecule has 104 valence electrons. The largest absolute Gasteiger partial charge is 0.481 e. The molecule has 0 aliphatic carbocycles. The maximum absolute atomic E-state index is 11.6. The van der Waals surface area contributed by atoms with Gasteiger partial charge in [-0.05, 0) is 31.0 Å². The van der Waals surface area contributed by atoms with Crippen LogP contribution in [0.15, 0.2) is 24.3 Å². The van der Waals surface area contributed by atoms with Crippen LogP contribution < -0.4 is 5.32 Å². The van der Waals surface area contributed by atoms with Crippen molar-refractivity contribution in [1.82, 2.24) is 0 Å². The Balaban J connectivity index is 2.52. The first-order chi connectivity index (χ1) is 9.01. The molecule has 19 heavy (non-hydrogen) atoms. The summed E-state index contributed by atoms with van der Waals surface area (Å²) in [6, 6.07) is 6.78. The zero-order valence-corrected chi connectivity index (χ0v) is 11.2. The zero-order chi connectivity index (χ0) is 14.3. The Labute approximate surface area is 112 Å². The maximum Gasteiger partial charge on any atom is 0.307 e. The van der Waals surface area contributed by atoms with E-state index in [9.17, 15) is 9.59 Å². The maximum atomic E-state index is 11.6. The van der Waals surface area contributed by atoms with E-state index in [-0.39, 0.29) is 25.0 Å². The number of ether oxygens (including phenoxy) is 1. The van der Waals surface area contributed by atoms with E-state index in [1.165, 1.54) is 0 Å². The number of carbonyl (C=O) groups is 2. The summed E-state index contributed by atoms with van der Waals surface area (Å²) in [6.07, 6.45) is 0.832. The molecule has 0 aromatic heterocycles. The van der Waals surface area contributed by atoms with Crippen LogP contribution in [-0.2, 0) is 20.7 Å². The van der Waals surface area contributed by atoms with E-state index in [1.807, 2.05) is 13.8 Å². The van der Waals surface area contributed by atoms with Gasteiger partial charge in [-0.15, -0.1) is 0 Å². The van der Waals surface area contributed by atoms with Gasteiger partial charge < -0.3 is 15.2 Å². The van der Waals surface area contributed by atoms with Gasteiger partial charge in [0.2, 0.25) is 5.91 Å². The number of carboxylic acids is 1. The number of aliphatic carboxylic acids is 1. The molecule has 5 heteroatoms. The average Bonchev–Trinajstić information content (AvgIpc) is 2.35. The van der Waals surface area contributed by atoms with Crippen LogP contribution in [0.4, 0.5) is 5.69 Å². The number of hydrogen-bond donors (Lipinski definition) is 2. The molecule has 0 radical (unpaired) electrons. The molecule has 2 N–H and O–H groups in total. The number of rotatable bonds is 7. The SMILES string of the molecule is CCC(C)OCC(=O)Nc1cccc(CC(=O)O)c1. The summed E-state index contributed by atoms with van der Waals surface area (Å²) < 4.78 is 5.31. The van der Waals surface area contributed by atoms with Crippen molar-refractivity contribution in [2.45, 2.75) is 32.8 Å². The van der Waals surface area contributed by atoms with Crippen molar-refractivity contribution in [3.8, 4) is 0 Å². The molecule has 0 saturated heterocycles. The summed E-state index contributed by atoms with van der Waals surface area (Å²) in [5.41, 5.74) is 1.23. The Kier molecular flexibility index (Phi) is 6.02. The molecule has 1 amide bonds. The molecule has 0 aliphatic rings. The lowest BCUT2D eigenvalue weighted by atomic mass is 10.1. The van der Waals surface area contributed by atoms with Gasteiger partial charge in [0.15, 0.2) is 0 Å². The number of carbonyl (C=O) groups excluding carboxylic acids is 1. The van der Waals surface area contributed by atoms with Gasteiger partial charge in [0.25, 0.3) is 0 Å². The molecular formula is C14H19NO4. The van der Waals surface area contributed by atoms with Crippen LogP contribution in [-0.4, -0.2) is 29.7 Å². The summed E-state index contributed by atoms with van der Waals surface area (Å²) in [7, 11) is 0. The second-order valence-corrected chi connectivity index (χ2v) is 4.35. The third-order valence-corrected chi connectivity index (χ3v) is 2.64. The van der Waals surface area contributed by atoms with E-state index < -0.39 is 5.97 Å². The van der Waals surface area contributed by atoms with Crippen LogP contribution in [0.5, 0.6) is 0 Å². The highest BCUT2D eigenvalue weighted by atomic mass is 16.5. The van der Waals surface area contributed by atoms with E-state index in [4.69, 9.17) is 9.84 Å². The highest BCUT2D eigenvalue weighted by Crippen LogP contribution is 2.11. The van der Waals surface area contributed by atoms with Gasteiger partial charge in [0, 0.05) is 5.69 Å². The summed E-state index contributed by atoms with van der Waals surface area (Å²) in [6.45, 7) is 3.89. The minimum Gasteiger partial charge on any atom is -0.481 e. The number of benzene rings is 1. The molecule has 1 unspecified atom stereocenters. The molecule has 0 heterocycles. The fourth-order valence-corrected chi connectivity index (χ4v) is 1.47. The monoisotopic (exact) mass is 265 g/mol. The zero-order valence-electron chi connectivity index (χ0n) is 11.2. The summed E-state index contributed by atoms with van der Waals surface area (Å²) >= 11 is 0. The Hall–Kier alpha value is -1.88. The second-order valence-electron chi connectivity index (χ2n) is 4.35. The van der Waals surface area contributed by atoms with Crippen molar-refractivity contribution < 1.29 is 19.4 Å². The highest BCUT2D eigenvalue weighted by molar-refractivity contribution is 5.91.